The molecule has 84 valence electrons. The average molecular weight is 208 g/mol. The third-order valence-electron chi connectivity index (χ3n) is 2.18. The highest BCUT2D eigenvalue weighted by atomic mass is 16.7. The second kappa shape index (κ2) is 5.01. The Balaban J connectivity index is 2.63. The maximum atomic E-state index is 9.41. The quantitative estimate of drug-likeness (QED) is 0.421. The minimum atomic E-state index is -1.36. The Morgan fingerprint density at radius 2 is 1.79 bits per heavy atom. The van der Waals surface area contributed by atoms with Crippen LogP contribution in [-0.4, -0.2) is 64.3 Å². The second-order valence-electron chi connectivity index (χ2n) is 3.15. The third kappa shape index (κ3) is 2.22. The average Bonchev–Trinajstić information content (AvgIpc) is 2.19. The van der Waals surface area contributed by atoms with Gasteiger partial charge in [-0.1, -0.05) is 0 Å². The molecule has 0 spiro atoms. The molecule has 0 bridgehead atoms. The van der Waals surface area contributed by atoms with Crippen molar-refractivity contribution in [1.82, 2.24) is 0 Å². The van der Waals surface area contributed by atoms with Crippen LogP contribution in [0.25, 0.3) is 0 Å². The minimum absolute atomic E-state index is 0.308. The first-order chi connectivity index (χ1) is 6.61. The molecular formula is C8H16O6. The molecule has 1 heterocycles. The van der Waals surface area contributed by atoms with E-state index in [1.54, 1.807) is 6.92 Å². The Morgan fingerprint density at radius 3 is 2.29 bits per heavy atom. The predicted octanol–water partition coefficient (Wildman–Crippen LogP) is -2.18. The molecule has 0 saturated carbocycles. The molecule has 0 aliphatic carbocycles. The fourth-order valence-corrected chi connectivity index (χ4v) is 1.37. The normalized spacial score (nSPS) is 43.9. The Bertz CT molecular complexity index is 171. The van der Waals surface area contributed by atoms with Crippen molar-refractivity contribution in [3.63, 3.8) is 0 Å². The zero-order valence-corrected chi connectivity index (χ0v) is 7.91. The summed E-state index contributed by atoms with van der Waals surface area (Å²) in [5, 5.41) is 36.9. The van der Waals surface area contributed by atoms with Crippen LogP contribution in [-0.2, 0) is 9.47 Å². The van der Waals surface area contributed by atoms with Crippen molar-refractivity contribution in [2.24, 2.45) is 0 Å². The first kappa shape index (κ1) is 11.8. The highest BCUT2D eigenvalue weighted by molar-refractivity contribution is 4.88. The van der Waals surface area contributed by atoms with Gasteiger partial charge < -0.3 is 29.9 Å². The number of aliphatic hydroxyl groups is 4. The molecule has 6 heteroatoms. The molecule has 1 saturated heterocycles. The van der Waals surface area contributed by atoms with Crippen LogP contribution >= 0.6 is 0 Å². The zero-order valence-electron chi connectivity index (χ0n) is 7.91. The van der Waals surface area contributed by atoms with Crippen molar-refractivity contribution in [2.45, 2.75) is 37.6 Å². The van der Waals surface area contributed by atoms with Crippen LogP contribution < -0.4 is 0 Å². The van der Waals surface area contributed by atoms with Crippen molar-refractivity contribution in [3.8, 4) is 0 Å². The number of hydrogen-bond donors (Lipinski definition) is 4. The molecule has 1 rings (SSSR count). The Kier molecular flexibility index (Phi) is 4.24. The van der Waals surface area contributed by atoms with E-state index in [0.717, 1.165) is 0 Å². The maximum Gasteiger partial charge on any atom is 0.186 e. The summed E-state index contributed by atoms with van der Waals surface area (Å²) in [6.07, 6.45) is -5.89. The molecule has 1 fully saturated rings. The van der Waals surface area contributed by atoms with E-state index in [1.807, 2.05) is 0 Å². The molecule has 4 N–H and O–H groups in total. The van der Waals surface area contributed by atoms with Crippen molar-refractivity contribution in [3.05, 3.63) is 0 Å². The molecule has 0 radical (unpaired) electrons. The van der Waals surface area contributed by atoms with Gasteiger partial charge >= 0.3 is 0 Å². The first-order valence-electron chi connectivity index (χ1n) is 4.54. The summed E-state index contributed by atoms with van der Waals surface area (Å²) in [7, 11) is 0. The van der Waals surface area contributed by atoms with Gasteiger partial charge in [-0.2, -0.15) is 0 Å². The van der Waals surface area contributed by atoms with Gasteiger partial charge in [0.05, 0.1) is 6.61 Å². The fourth-order valence-electron chi connectivity index (χ4n) is 1.37. The standard InChI is InChI=1S/C8H16O6/c1-2-13-8-7(12)6(11)5(10)4(3-9)14-8/h4-12H,2-3H2,1H3/t4-,5-,6+,7-,8+/m0/s1. The molecule has 0 aromatic heterocycles. The van der Waals surface area contributed by atoms with E-state index in [9.17, 15) is 15.3 Å². The second-order valence-corrected chi connectivity index (χ2v) is 3.15. The highest BCUT2D eigenvalue weighted by Gasteiger charge is 2.43. The van der Waals surface area contributed by atoms with Crippen LogP contribution in [0.15, 0.2) is 0 Å². The highest BCUT2D eigenvalue weighted by Crippen LogP contribution is 2.21. The molecular weight excluding hydrogens is 192 g/mol. The summed E-state index contributed by atoms with van der Waals surface area (Å²) < 4.78 is 10.0. The van der Waals surface area contributed by atoms with Crippen LogP contribution in [0.3, 0.4) is 0 Å². The minimum Gasteiger partial charge on any atom is -0.394 e. The van der Waals surface area contributed by atoms with E-state index in [1.165, 1.54) is 0 Å². The molecule has 5 atom stereocenters. The lowest BCUT2D eigenvalue weighted by Crippen LogP contribution is -2.59. The Morgan fingerprint density at radius 1 is 1.14 bits per heavy atom. The topological polar surface area (TPSA) is 99.4 Å². The van der Waals surface area contributed by atoms with Crippen LogP contribution in [0.1, 0.15) is 6.92 Å². The maximum absolute atomic E-state index is 9.41. The Labute approximate surface area is 81.7 Å². The fraction of sp³-hybridized carbons (Fsp3) is 1.00. The number of rotatable bonds is 3. The van der Waals surface area contributed by atoms with Gasteiger partial charge in [-0.25, -0.2) is 0 Å². The van der Waals surface area contributed by atoms with E-state index in [0.29, 0.717) is 6.61 Å². The summed E-state index contributed by atoms with van der Waals surface area (Å²) in [5.41, 5.74) is 0. The molecule has 0 amide bonds. The number of ether oxygens (including phenoxy) is 2. The Hall–Kier alpha value is -0.240. The van der Waals surface area contributed by atoms with Gasteiger partial charge in [-0.05, 0) is 6.92 Å². The van der Waals surface area contributed by atoms with E-state index < -0.39 is 37.3 Å². The van der Waals surface area contributed by atoms with Gasteiger partial charge in [0.25, 0.3) is 0 Å². The smallest absolute Gasteiger partial charge is 0.186 e. The lowest BCUT2D eigenvalue weighted by molar-refractivity contribution is -0.300. The monoisotopic (exact) mass is 208 g/mol. The first-order valence-corrected chi connectivity index (χ1v) is 4.54. The van der Waals surface area contributed by atoms with E-state index in [4.69, 9.17) is 14.6 Å². The zero-order chi connectivity index (χ0) is 10.7. The van der Waals surface area contributed by atoms with Gasteiger partial charge in [0.15, 0.2) is 6.29 Å². The van der Waals surface area contributed by atoms with Crippen LogP contribution in [0, 0.1) is 0 Å². The molecule has 1 aliphatic rings. The summed E-state index contributed by atoms with van der Waals surface area (Å²) in [6, 6.07) is 0. The summed E-state index contributed by atoms with van der Waals surface area (Å²) in [4.78, 5) is 0. The van der Waals surface area contributed by atoms with Gasteiger partial charge in [-0.3, -0.25) is 0 Å². The molecule has 0 aromatic carbocycles. The van der Waals surface area contributed by atoms with Crippen molar-refractivity contribution >= 4 is 0 Å². The summed E-state index contributed by atoms with van der Waals surface area (Å²) >= 11 is 0. The molecule has 6 nitrogen and oxygen atoms in total. The lowest BCUT2D eigenvalue weighted by Gasteiger charge is -2.39. The van der Waals surface area contributed by atoms with Crippen LogP contribution in [0.4, 0.5) is 0 Å². The van der Waals surface area contributed by atoms with Crippen molar-refractivity contribution in [2.75, 3.05) is 13.2 Å². The molecule has 14 heavy (non-hydrogen) atoms. The van der Waals surface area contributed by atoms with Gasteiger partial charge in [0.1, 0.15) is 24.4 Å². The van der Waals surface area contributed by atoms with Crippen LogP contribution in [0.5, 0.6) is 0 Å². The van der Waals surface area contributed by atoms with E-state index >= 15 is 0 Å². The molecule has 0 aromatic rings. The van der Waals surface area contributed by atoms with Crippen molar-refractivity contribution < 1.29 is 29.9 Å². The lowest BCUT2D eigenvalue weighted by atomic mass is 9.99. The largest absolute Gasteiger partial charge is 0.394 e. The van der Waals surface area contributed by atoms with E-state index in [-0.39, 0.29) is 0 Å². The summed E-state index contributed by atoms with van der Waals surface area (Å²) in [5.74, 6) is 0. The third-order valence-corrected chi connectivity index (χ3v) is 2.18. The SMILES string of the molecule is CCO[C@@H]1O[C@@H](CO)[C@H](O)[C@@H](O)[C@@H]1O. The number of hydrogen-bond acceptors (Lipinski definition) is 6. The van der Waals surface area contributed by atoms with Gasteiger partial charge in [-0.15, -0.1) is 0 Å². The van der Waals surface area contributed by atoms with Crippen molar-refractivity contribution in [1.29, 1.82) is 0 Å². The van der Waals surface area contributed by atoms with Gasteiger partial charge in [0, 0.05) is 6.61 Å². The molecule has 1 aliphatic heterocycles. The van der Waals surface area contributed by atoms with Gasteiger partial charge in [0.2, 0.25) is 0 Å². The van der Waals surface area contributed by atoms with Crippen LogP contribution in [0.2, 0.25) is 0 Å². The van der Waals surface area contributed by atoms with E-state index in [2.05, 4.69) is 0 Å². The predicted molar refractivity (Wildman–Crippen MR) is 45.4 cm³/mol. The molecule has 0 unspecified atom stereocenters. The summed E-state index contributed by atoms with van der Waals surface area (Å²) in [6.45, 7) is 1.58. The number of aliphatic hydroxyl groups excluding tert-OH is 4.